The number of pyridine rings is 1. The highest BCUT2D eigenvalue weighted by atomic mass is 35.5. The Morgan fingerprint density at radius 1 is 1.33 bits per heavy atom. The van der Waals surface area contributed by atoms with Gasteiger partial charge in [0.1, 0.15) is 0 Å². The molecule has 5 heteroatoms. The van der Waals surface area contributed by atoms with Gasteiger partial charge in [0.2, 0.25) is 0 Å². The maximum atomic E-state index is 11.1. The summed E-state index contributed by atoms with van der Waals surface area (Å²) < 4.78 is 4.58. The summed E-state index contributed by atoms with van der Waals surface area (Å²) in [5.41, 5.74) is 7.48. The van der Waals surface area contributed by atoms with Gasteiger partial charge in [0, 0.05) is 5.39 Å². The lowest BCUT2D eigenvalue weighted by Crippen LogP contribution is -2.17. The summed E-state index contributed by atoms with van der Waals surface area (Å²) in [6.07, 6.45) is 0.141. The quantitative estimate of drug-likeness (QED) is 0.865. The highest BCUT2D eigenvalue weighted by Gasteiger charge is 2.13. The summed E-state index contributed by atoms with van der Waals surface area (Å²) in [5.74, 6) is -0.326. The second kappa shape index (κ2) is 6.33. The molecule has 0 aliphatic heterocycles. The number of rotatable bonds is 3. The Morgan fingerprint density at radius 2 is 2.06 bits per heavy atom. The van der Waals surface area contributed by atoms with Crippen molar-refractivity contribution in [1.29, 1.82) is 0 Å². The molecule has 0 amide bonds. The second-order valence-corrected chi connectivity index (χ2v) is 3.82. The zero-order valence-electron chi connectivity index (χ0n) is 10.00. The molecule has 1 aromatic carbocycles. The van der Waals surface area contributed by atoms with E-state index in [4.69, 9.17) is 5.73 Å². The molecule has 1 atom stereocenters. The monoisotopic (exact) mass is 266 g/mol. The molecule has 2 rings (SSSR count). The molecule has 0 radical (unpaired) electrons. The van der Waals surface area contributed by atoms with Crippen molar-refractivity contribution in [2.24, 2.45) is 5.73 Å². The number of ether oxygens (including phenoxy) is 1. The standard InChI is InChI=1S/C13H14N2O2.ClH/c1-17-13(16)8-10(14)12-7-6-9-4-2-3-5-11(9)15-12;/h2-7,10H,8,14H2,1H3;1H/t10-;/m1./s1. The number of benzene rings is 1. The minimum absolute atomic E-state index is 0. The fraction of sp³-hybridized carbons (Fsp3) is 0.231. The Morgan fingerprint density at radius 3 is 2.78 bits per heavy atom. The summed E-state index contributed by atoms with van der Waals surface area (Å²) >= 11 is 0. The van der Waals surface area contributed by atoms with E-state index >= 15 is 0 Å². The lowest BCUT2D eigenvalue weighted by Gasteiger charge is -2.10. The van der Waals surface area contributed by atoms with Crippen molar-refractivity contribution in [3.05, 3.63) is 42.1 Å². The molecule has 2 N–H and O–H groups in total. The Labute approximate surface area is 112 Å². The average molecular weight is 267 g/mol. The van der Waals surface area contributed by atoms with Crippen LogP contribution in [0.25, 0.3) is 10.9 Å². The molecule has 1 heterocycles. The van der Waals surface area contributed by atoms with Gasteiger partial charge in [-0.25, -0.2) is 0 Å². The molecule has 0 fully saturated rings. The first-order valence-corrected chi connectivity index (χ1v) is 5.39. The molecule has 0 saturated carbocycles. The first-order valence-electron chi connectivity index (χ1n) is 5.39. The number of hydrogen-bond acceptors (Lipinski definition) is 4. The predicted octanol–water partition coefficient (Wildman–Crippen LogP) is 2.22. The molecule has 4 nitrogen and oxygen atoms in total. The van der Waals surface area contributed by atoms with Crippen molar-refractivity contribution in [1.82, 2.24) is 4.98 Å². The lowest BCUT2D eigenvalue weighted by atomic mass is 10.1. The van der Waals surface area contributed by atoms with Gasteiger partial charge in [0.05, 0.1) is 30.8 Å². The van der Waals surface area contributed by atoms with Crippen LogP contribution in [-0.4, -0.2) is 18.1 Å². The first kappa shape index (κ1) is 14.4. The van der Waals surface area contributed by atoms with Gasteiger partial charge in [-0.2, -0.15) is 0 Å². The van der Waals surface area contributed by atoms with E-state index in [9.17, 15) is 4.79 Å². The van der Waals surface area contributed by atoms with Crippen molar-refractivity contribution in [3.8, 4) is 0 Å². The highest BCUT2D eigenvalue weighted by Crippen LogP contribution is 2.17. The van der Waals surface area contributed by atoms with Crippen LogP contribution in [0.1, 0.15) is 18.2 Å². The fourth-order valence-electron chi connectivity index (χ4n) is 1.66. The van der Waals surface area contributed by atoms with Crippen LogP contribution in [0.3, 0.4) is 0 Å². The number of para-hydroxylation sites is 1. The molecular formula is C13H15ClN2O2. The van der Waals surface area contributed by atoms with Gasteiger partial charge in [-0.15, -0.1) is 12.4 Å². The molecule has 0 aliphatic carbocycles. The molecular weight excluding hydrogens is 252 g/mol. The topological polar surface area (TPSA) is 65.2 Å². The Hall–Kier alpha value is -1.65. The third kappa shape index (κ3) is 3.18. The third-order valence-electron chi connectivity index (χ3n) is 2.61. The van der Waals surface area contributed by atoms with Crippen molar-refractivity contribution >= 4 is 29.3 Å². The van der Waals surface area contributed by atoms with Crippen LogP contribution in [0.15, 0.2) is 36.4 Å². The average Bonchev–Trinajstić information content (AvgIpc) is 2.38. The summed E-state index contributed by atoms with van der Waals surface area (Å²) in [6.45, 7) is 0. The van der Waals surface area contributed by atoms with E-state index in [1.165, 1.54) is 7.11 Å². The zero-order valence-corrected chi connectivity index (χ0v) is 10.8. The van der Waals surface area contributed by atoms with Gasteiger partial charge in [0.25, 0.3) is 0 Å². The van der Waals surface area contributed by atoms with E-state index in [1.54, 1.807) is 0 Å². The van der Waals surface area contributed by atoms with E-state index in [-0.39, 0.29) is 24.8 Å². The Balaban J connectivity index is 0.00000162. The summed E-state index contributed by atoms with van der Waals surface area (Å²) in [4.78, 5) is 15.6. The van der Waals surface area contributed by atoms with Crippen LogP contribution in [0.2, 0.25) is 0 Å². The molecule has 0 bridgehead atoms. The molecule has 0 aliphatic rings. The molecule has 1 aromatic heterocycles. The van der Waals surface area contributed by atoms with Gasteiger partial charge >= 0.3 is 5.97 Å². The van der Waals surface area contributed by atoms with Crippen molar-refractivity contribution in [3.63, 3.8) is 0 Å². The number of carbonyl (C=O) groups is 1. The highest BCUT2D eigenvalue weighted by molar-refractivity contribution is 5.85. The molecule has 2 aromatic rings. The van der Waals surface area contributed by atoms with Gasteiger partial charge in [-0.05, 0) is 12.1 Å². The van der Waals surface area contributed by atoms with E-state index in [2.05, 4.69) is 9.72 Å². The van der Waals surface area contributed by atoms with Crippen molar-refractivity contribution in [2.45, 2.75) is 12.5 Å². The van der Waals surface area contributed by atoms with Gasteiger partial charge < -0.3 is 10.5 Å². The number of hydrogen-bond donors (Lipinski definition) is 1. The minimum Gasteiger partial charge on any atom is -0.469 e. The normalized spacial score (nSPS) is 11.7. The molecule has 96 valence electrons. The molecule has 0 unspecified atom stereocenters. The van der Waals surface area contributed by atoms with E-state index < -0.39 is 6.04 Å². The number of esters is 1. The molecule has 18 heavy (non-hydrogen) atoms. The maximum absolute atomic E-state index is 11.1. The number of halogens is 1. The first-order chi connectivity index (χ1) is 8.20. The van der Waals surface area contributed by atoms with E-state index in [0.717, 1.165) is 10.9 Å². The number of methoxy groups -OCH3 is 1. The van der Waals surface area contributed by atoms with E-state index in [1.807, 2.05) is 36.4 Å². The van der Waals surface area contributed by atoms with Crippen LogP contribution in [0.5, 0.6) is 0 Å². The van der Waals surface area contributed by atoms with Crippen molar-refractivity contribution in [2.75, 3.05) is 7.11 Å². The smallest absolute Gasteiger partial charge is 0.307 e. The van der Waals surface area contributed by atoms with Gasteiger partial charge in [-0.1, -0.05) is 24.3 Å². The summed E-state index contributed by atoms with van der Waals surface area (Å²) in [7, 11) is 1.35. The fourth-order valence-corrected chi connectivity index (χ4v) is 1.66. The number of nitrogens with zero attached hydrogens (tertiary/aromatic N) is 1. The van der Waals surface area contributed by atoms with E-state index in [0.29, 0.717) is 5.69 Å². The predicted molar refractivity (Wildman–Crippen MR) is 72.6 cm³/mol. The largest absolute Gasteiger partial charge is 0.469 e. The summed E-state index contributed by atoms with van der Waals surface area (Å²) in [6, 6.07) is 11.2. The van der Waals surface area contributed by atoms with Crippen molar-refractivity contribution < 1.29 is 9.53 Å². The van der Waals surface area contributed by atoms with Crippen LogP contribution < -0.4 is 5.73 Å². The number of carbonyl (C=O) groups excluding carboxylic acids is 1. The summed E-state index contributed by atoms with van der Waals surface area (Å²) in [5, 5.41) is 1.06. The SMILES string of the molecule is COC(=O)C[C@@H](N)c1ccc2ccccc2n1.Cl. The number of nitrogens with two attached hydrogens (primary N) is 1. The lowest BCUT2D eigenvalue weighted by molar-refractivity contribution is -0.141. The van der Waals surface area contributed by atoms with Gasteiger partial charge in [0.15, 0.2) is 0 Å². The van der Waals surface area contributed by atoms with Crippen LogP contribution in [0.4, 0.5) is 0 Å². The number of aromatic nitrogens is 1. The minimum atomic E-state index is -0.424. The van der Waals surface area contributed by atoms with Crippen LogP contribution in [-0.2, 0) is 9.53 Å². The third-order valence-corrected chi connectivity index (χ3v) is 2.61. The van der Waals surface area contributed by atoms with Crippen LogP contribution in [0, 0.1) is 0 Å². The Kier molecular flexibility index (Phi) is 5.07. The maximum Gasteiger partial charge on any atom is 0.307 e. The zero-order chi connectivity index (χ0) is 12.3. The molecule has 0 saturated heterocycles. The Bertz CT molecular complexity index is 545. The number of fused-ring (bicyclic) bond motifs is 1. The second-order valence-electron chi connectivity index (χ2n) is 3.82. The van der Waals surface area contributed by atoms with Gasteiger partial charge in [-0.3, -0.25) is 9.78 Å². The molecule has 0 spiro atoms. The van der Waals surface area contributed by atoms with Crippen LogP contribution >= 0.6 is 12.4 Å².